The van der Waals surface area contributed by atoms with Crippen LogP contribution in [0.1, 0.15) is 48.5 Å². The van der Waals surface area contributed by atoms with Gasteiger partial charge in [-0.05, 0) is 56.3 Å². The maximum atomic E-state index is 12.5. The maximum Gasteiger partial charge on any atom is 0.254 e. The fraction of sp³-hybridized carbons (Fsp3) is 0.562. The van der Waals surface area contributed by atoms with Crippen LogP contribution in [0.5, 0.6) is 0 Å². The summed E-state index contributed by atoms with van der Waals surface area (Å²) >= 11 is 0. The van der Waals surface area contributed by atoms with Crippen LogP contribution in [0.25, 0.3) is 0 Å². The van der Waals surface area contributed by atoms with Crippen molar-refractivity contribution in [3.05, 3.63) is 35.4 Å². The van der Waals surface area contributed by atoms with Crippen molar-refractivity contribution >= 4 is 5.91 Å². The molecule has 0 saturated carbocycles. The fourth-order valence-corrected chi connectivity index (χ4v) is 2.84. The van der Waals surface area contributed by atoms with Crippen LogP contribution in [0.2, 0.25) is 0 Å². The monoisotopic (exact) mass is 260 g/mol. The predicted octanol–water partition coefficient (Wildman–Crippen LogP) is 2.59. The number of carbonyl (C=O) groups excluding carboxylic acids is 1. The Bertz CT molecular complexity index is 413. The molecule has 1 aliphatic heterocycles. The first-order valence-electron chi connectivity index (χ1n) is 7.36. The van der Waals surface area contributed by atoms with Gasteiger partial charge < -0.3 is 10.6 Å². The summed E-state index contributed by atoms with van der Waals surface area (Å²) in [5.41, 5.74) is 7.54. The summed E-state index contributed by atoms with van der Waals surface area (Å²) < 4.78 is 0. The summed E-state index contributed by atoms with van der Waals surface area (Å²) in [6.07, 6.45) is 5.45. The average molecular weight is 260 g/mol. The van der Waals surface area contributed by atoms with Crippen molar-refractivity contribution < 1.29 is 4.79 Å². The van der Waals surface area contributed by atoms with Crippen LogP contribution < -0.4 is 5.73 Å². The Morgan fingerprint density at radius 2 is 2.05 bits per heavy atom. The Morgan fingerprint density at radius 3 is 2.68 bits per heavy atom. The number of rotatable bonds is 4. The second-order valence-electron chi connectivity index (χ2n) is 5.29. The van der Waals surface area contributed by atoms with E-state index in [-0.39, 0.29) is 5.91 Å². The number of likely N-dealkylation sites (tertiary alicyclic amines) is 1. The maximum absolute atomic E-state index is 12.5. The van der Waals surface area contributed by atoms with Gasteiger partial charge in [-0.3, -0.25) is 4.79 Å². The smallest absolute Gasteiger partial charge is 0.254 e. The van der Waals surface area contributed by atoms with Gasteiger partial charge in [-0.2, -0.15) is 0 Å². The lowest BCUT2D eigenvalue weighted by molar-refractivity contribution is 0.0608. The molecule has 1 atom stereocenters. The summed E-state index contributed by atoms with van der Waals surface area (Å²) in [5.74, 6) is 0.186. The third-order valence-corrected chi connectivity index (χ3v) is 3.99. The van der Waals surface area contributed by atoms with Crippen molar-refractivity contribution in [2.24, 2.45) is 5.73 Å². The molecule has 0 radical (unpaired) electrons. The molecule has 1 aromatic carbocycles. The molecule has 1 saturated heterocycles. The number of hydrogen-bond donors (Lipinski definition) is 1. The Balaban J connectivity index is 2.09. The molecular weight excluding hydrogens is 236 g/mol. The van der Waals surface area contributed by atoms with Gasteiger partial charge in [-0.1, -0.05) is 19.1 Å². The van der Waals surface area contributed by atoms with E-state index >= 15 is 0 Å². The number of nitrogens with zero attached hydrogens (tertiary/aromatic N) is 1. The van der Waals surface area contributed by atoms with Gasteiger partial charge in [-0.15, -0.1) is 0 Å². The van der Waals surface area contributed by atoms with Crippen LogP contribution in [0.15, 0.2) is 24.3 Å². The zero-order chi connectivity index (χ0) is 13.7. The Morgan fingerprint density at radius 1 is 1.32 bits per heavy atom. The summed E-state index contributed by atoms with van der Waals surface area (Å²) in [7, 11) is 0. The van der Waals surface area contributed by atoms with Gasteiger partial charge in [0.05, 0.1) is 0 Å². The zero-order valence-corrected chi connectivity index (χ0v) is 11.8. The van der Waals surface area contributed by atoms with Gasteiger partial charge in [0.15, 0.2) is 0 Å². The van der Waals surface area contributed by atoms with E-state index in [1.165, 1.54) is 12.0 Å². The molecule has 1 aromatic rings. The van der Waals surface area contributed by atoms with Crippen LogP contribution in [0, 0.1) is 0 Å². The third kappa shape index (κ3) is 3.35. The second kappa shape index (κ2) is 6.71. The van der Waals surface area contributed by atoms with E-state index in [0.29, 0.717) is 12.6 Å². The zero-order valence-electron chi connectivity index (χ0n) is 11.8. The van der Waals surface area contributed by atoms with Crippen molar-refractivity contribution in [1.82, 2.24) is 4.90 Å². The first-order chi connectivity index (χ1) is 9.26. The van der Waals surface area contributed by atoms with Gasteiger partial charge >= 0.3 is 0 Å². The quantitative estimate of drug-likeness (QED) is 0.904. The molecule has 0 aliphatic carbocycles. The van der Waals surface area contributed by atoms with Crippen LogP contribution in [0.3, 0.4) is 0 Å². The van der Waals surface area contributed by atoms with Crippen molar-refractivity contribution in [2.75, 3.05) is 13.1 Å². The van der Waals surface area contributed by atoms with Crippen molar-refractivity contribution in [3.8, 4) is 0 Å². The molecule has 1 amide bonds. The first-order valence-corrected chi connectivity index (χ1v) is 7.36. The lowest BCUT2D eigenvalue weighted by atomic mass is 9.98. The highest BCUT2D eigenvalue weighted by Crippen LogP contribution is 2.21. The van der Waals surface area contributed by atoms with Gasteiger partial charge in [0.2, 0.25) is 0 Å². The summed E-state index contributed by atoms with van der Waals surface area (Å²) in [6, 6.07) is 8.34. The molecule has 3 nitrogen and oxygen atoms in total. The molecule has 19 heavy (non-hydrogen) atoms. The van der Waals surface area contributed by atoms with Crippen molar-refractivity contribution in [1.29, 1.82) is 0 Å². The number of carbonyl (C=O) groups is 1. The average Bonchev–Trinajstić information content (AvgIpc) is 2.47. The van der Waals surface area contributed by atoms with Crippen LogP contribution in [-0.4, -0.2) is 29.9 Å². The second-order valence-corrected chi connectivity index (χ2v) is 5.29. The van der Waals surface area contributed by atoms with Gasteiger partial charge in [0, 0.05) is 18.2 Å². The standard InChI is InChI=1S/C16H24N2O/c1-2-15-5-3-4-12-18(15)16(19)14-8-6-13(7-9-14)10-11-17/h6-9,15H,2-5,10-12,17H2,1H3. The van der Waals surface area contributed by atoms with E-state index in [0.717, 1.165) is 37.8 Å². The largest absolute Gasteiger partial charge is 0.336 e. The Kier molecular flexibility index (Phi) is 4.97. The molecule has 2 N–H and O–H groups in total. The molecular formula is C16H24N2O. The summed E-state index contributed by atoms with van der Waals surface area (Å²) in [6.45, 7) is 3.72. The lowest BCUT2D eigenvalue weighted by Gasteiger charge is -2.35. The number of hydrogen-bond acceptors (Lipinski definition) is 2. The minimum atomic E-state index is 0.186. The fourth-order valence-electron chi connectivity index (χ4n) is 2.84. The molecule has 3 heteroatoms. The molecule has 0 spiro atoms. The van der Waals surface area contributed by atoms with E-state index in [9.17, 15) is 4.79 Å². The molecule has 1 aliphatic rings. The number of piperidine rings is 1. The lowest BCUT2D eigenvalue weighted by Crippen LogP contribution is -2.43. The molecule has 2 rings (SSSR count). The van der Waals surface area contributed by atoms with Crippen molar-refractivity contribution in [2.45, 2.75) is 45.1 Å². The highest BCUT2D eigenvalue weighted by molar-refractivity contribution is 5.94. The van der Waals surface area contributed by atoms with Crippen LogP contribution in [0.4, 0.5) is 0 Å². The molecule has 1 fully saturated rings. The number of benzene rings is 1. The van der Waals surface area contributed by atoms with E-state index in [1.807, 2.05) is 24.3 Å². The number of nitrogens with two attached hydrogens (primary N) is 1. The Labute approximate surface area is 115 Å². The molecule has 1 heterocycles. The SMILES string of the molecule is CCC1CCCCN1C(=O)c1ccc(CCN)cc1. The molecule has 104 valence electrons. The normalized spacial score (nSPS) is 19.5. The van der Waals surface area contributed by atoms with E-state index < -0.39 is 0 Å². The minimum Gasteiger partial charge on any atom is -0.336 e. The Hall–Kier alpha value is -1.35. The molecule has 0 aromatic heterocycles. The van der Waals surface area contributed by atoms with Gasteiger partial charge in [0.1, 0.15) is 0 Å². The van der Waals surface area contributed by atoms with Crippen LogP contribution in [-0.2, 0) is 6.42 Å². The highest BCUT2D eigenvalue weighted by Gasteiger charge is 2.25. The highest BCUT2D eigenvalue weighted by atomic mass is 16.2. The summed E-state index contributed by atoms with van der Waals surface area (Å²) in [5, 5.41) is 0. The van der Waals surface area contributed by atoms with Gasteiger partial charge in [0.25, 0.3) is 5.91 Å². The van der Waals surface area contributed by atoms with Crippen molar-refractivity contribution in [3.63, 3.8) is 0 Å². The third-order valence-electron chi connectivity index (χ3n) is 3.99. The van der Waals surface area contributed by atoms with E-state index in [2.05, 4.69) is 11.8 Å². The number of amides is 1. The minimum absolute atomic E-state index is 0.186. The molecule has 0 bridgehead atoms. The van der Waals surface area contributed by atoms with Crippen LogP contribution >= 0.6 is 0 Å². The van der Waals surface area contributed by atoms with E-state index in [1.54, 1.807) is 0 Å². The van der Waals surface area contributed by atoms with E-state index in [4.69, 9.17) is 5.73 Å². The molecule has 1 unspecified atom stereocenters. The van der Waals surface area contributed by atoms with Gasteiger partial charge in [-0.25, -0.2) is 0 Å². The summed E-state index contributed by atoms with van der Waals surface area (Å²) in [4.78, 5) is 14.6. The topological polar surface area (TPSA) is 46.3 Å². The predicted molar refractivity (Wildman–Crippen MR) is 78.2 cm³/mol. The first kappa shape index (κ1) is 14.1.